The van der Waals surface area contributed by atoms with Crippen molar-refractivity contribution < 1.29 is 0 Å². The summed E-state index contributed by atoms with van der Waals surface area (Å²) in [5.41, 5.74) is 6.07. The Morgan fingerprint density at radius 2 is 2.29 bits per heavy atom. The molecule has 0 spiro atoms. The van der Waals surface area contributed by atoms with Crippen molar-refractivity contribution in [3.05, 3.63) is 23.9 Å². The zero-order chi connectivity index (χ0) is 12.8. The molecule has 94 valence electrons. The Kier molecular flexibility index (Phi) is 5.28. The maximum atomic E-state index is 7.32. The van der Waals surface area contributed by atoms with Gasteiger partial charge in [-0.15, -0.1) is 0 Å². The van der Waals surface area contributed by atoms with Gasteiger partial charge in [-0.3, -0.25) is 5.41 Å². The lowest BCUT2D eigenvalue weighted by atomic mass is 10.2. The molecule has 3 N–H and O–H groups in total. The van der Waals surface area contributed by atoms with Gasteiger partial charge in [0.15, 0.2) is 0 Å². The first kappa shape index (κ1) is 13.8. The molecule has 0 saturated carbocycles. The van der Waals surface area contributed by atoms with Crippen LogP contribution in [0.25, 0.3) is 0 Å². The van der Waals surface area contributed by atoms with Gasteiger partial charge in [0.1, 0.15) is 11.7 Å². The van der Waals surface area contributed by atoms with Crippen LogP contribution in [-0.2, 0) is 0 Å². The van der Waals surface area contributed by atoms with E-state index in [1.807, 2.05) is 23.9 Å². The summed E-state index contributed by atoms with van der Waals surface area (Å²) in [5, 5.41) is 7.32. The third kappa shape index (κ3) is 3.63. The highest BCUT2D eigenvalue weighted by molar-refractivity contribution is 7.98. The Morgan fingerprint density at radius 1 is 1.59 bits per heavy atom. The fraction of sp³-hybridized carbons (Fsp3) is 0.500. The van der Waals surface area contributed by atoms with Gasteiger partial charge in [0, 0.05) is 30.6 Å². The molecule has 0 saturated heterocycles. The number of thioether (sulfide) groups is 1. The molecule has 0 fully saturated rings. The van der Waals surface area contributed by atoms with Crippen LogP contribution in [0.2, 0.25) is 0 Å². The minimum absolute atomic E-state index is 0.0582. The Morgan fingerprint density at radius 3 is 2.71 bits per heavy atom. The molecule has 0 bridgehead atoms. The number of hydrogen-bond donors (Lipinski definition) is 2. The SMILES string of the molecule is CCC(CSC)N(C)c1ccc(C(=N)N)cn1. The van der Waals surface area contributed by atoms with Crippen molar-refractivity contribution in [2.45, 2.75) is 19.4 Å². The first-order valence-corrected chi connectivity index (χ1v) is 7.01. The van der Waals surface area contributed by atoms with E-state index < -0.39 is 0 Å². The third-order valence-electron chi connectivity index (χ3n) is 2.80. The van der Waals surface area contributed by atoms with Crippen LogP contribution in [0.5, 0.6) is 0 Å². The van der Waals surface area contributed by atoms with Crippen LogP contribution in [0.3, 0.4) is 0 Å². The van der Waals surface area contributed by atoms with Gasteiger partial charge in [0.2, 0.25) is 0 Å². The Bertz CT molecular complexity index is 363. The minimum atomic E-state index is 0.0582. The van der Waals surface area contributed by atoms with Gasteiger partial charge in [-0.05, 0) is 24.8 Å². The van der Waals surface area contributed by atoms with Crippen molar-refractivity contribution in [1.82, 2.24) is 4.98 Å². The number of nitrogens with one attached hydrogen (secondary N) is 1. The topological polar surface area (TPSA) is 66.0 Å². The summed E-state index contributed by atoms with van der Waals surface area (Å²) in [6.45, 7) is 2.18. The first-order valence-electron chi connectivity index (χ1n) is 5.62. The molecule has 1 heterocycles. The maximum absolute atomic E-state index is 7.32. The van der Waals surface area contributed by atoms with Gasteiger partial charge in [-0.2, -0.15) is 11.8 Å². The molecule has 0 aliphatic rings. The number of hydrogen-bond acceptors (Lipinski definition) is 4. The third-order valence-corrected chi connectivity index (χ3v) is 3.52. The molecular weight excluding hydrogens is 232 g/mol. The van der Waals surface area contributed by atoms with Crippen molar-refractivity contribution in [3.63, 3.8) is 0 Å². The number of amidine groups is 1. The van der Waals surface area contributed by atoms with Crippen LogP contribution in [0.4, 0.5) is 5.82 Å². The second kappa shape index (κ2) is 6.49. The average molecular weight is 252 g/mol. The zero-order valence-electron chi connectivity index (χ0n) is 10.6. The Balaban J connectivity index is 2.81. The molecule has 0 aliphatic heterocycles. The molecule has 1 aromatic rings. The average Bonchev–Trinajstić information content (AvgIpc) is 2.35. The van der Waals surface area contributed by atoms with Gasteiger partial charge in [-0.25, -0.2) is 4.98 Å². The number of aromatic nitrogens is 1. The van der Waals surface area contributed by atoms with Gasteiger partial charge < -0.3 is 10.6 Å². The summed E-state index contributed by atoms with van der Waals surface area (Å²) in [5.74, 6) is 2.07. The van der Waals surface area contributed by atoms with Crippen molar-refractivity contribution in [2.75, 3.05) is 24.0 Å². The summed E-state index contributed by atoms with van der Waals surface area (Å²) in [4.78, 5) is 6.53. The molecule has 0 amide bonds. The summed E-state index contributed by atoms with van der Waals surface area (Å²) in [6.07, 6.45) is 4.86. The zero-order valence-corrected chi connectivity index (χ0v) is 11.4. The fourth-order valence-corrected chi connectivity index (χ4v) is 2.48. The van der Waals surface area contributed by atoms with E-state index in [1.165, 1.54) is 0 Å². The van der Waals surface area contributed by atoms with Crippen molar-refractivity contribution in [1.29, 1.82) is 5.41 Å². The molecule has 0 radical (unpaired) electrons. The van der Waals surface area contributed by atoms with Crippen LogP contribution in [-0.4, -0.2) is 35.9 Å². The number of anilines is 1. The smallest absolute Gasteiger partial charge is 0.128 e. The molecule has 4 nitrogen and oxygen atoms in total. The molecule has 5 heteroatoms. The van der Waals surface area contributed by atoms with Crippen LogP contribution in [0.15, 0.2) is 18.3 Å². The highest BCUT2D eigenvalue weighted by atomic mass is 32.2. The molecule has 1 rings (SSSR count). The lowest BCUT2D eigenvalue weighted by Crippen LogP contribution is -2.33. The Hall–Kier alpha value is -1.23. The quantitative estimate of drug-likeness (QED) is 0.600. The van der Waals surface area contributed by atoms with Crippen molar-refractivity contribution in [3.8, 4) is 0 Å². The number of nitrogens with two attached hydrogens (primary N) is 1. The minimum Gasteiger partial charge on any atom is -0.384 e. The first-order chi connectivity index (χ1) is 8.10. The molecule has 1 aromatic heterocycles. The van der Waals surface area contributed by atoms with Crippen molar-refractivity contribution >= 4 is 23.4 Å². The monoisotopic (exact) mass is 252 g/mol. The van der Waals surface area contributed by atoms with Crippen LogP contribution in [0.1, 0.15) is 18.9 Å². The largest absolute Gasteiger partial charge is 0.384 e. The van der Waals surface area contributed by atoms with E-state index in [2.05, 4.69) is 30.1 Å². The van der Waals surface area contributed by atoms with Gasteiger partial charge in [0.05, 0.1) is 0 Å². The standard InChI is InChI=1S/C12H20N4S/c1-4-10(8-17-3)16(2)11-6-5-9(7-15-11)12(13)14/h5-7,10H,4,8H2,1-3H3,(H3,13,14). The highest BCUT2D eigenvalue weighted by Gasteiger charge is 2.13. The van der Waals surface area contributed by atoms with E-state index in [0.29, 0.717) is 11.6 Å². The normalized spacial score (nSPS) is 12.2. The summed E-state index contributed by atoms with van der Waals surface area (Å²) in [7, 11) is 2.06. The predicted octanol–water partition coefficient (Wildman–Crippen LogP) is 1.94. The van der Waals surface area contributed by atoms with E-state index >= 15 is 0 Å². The number of nitrogens with zero attached hydrogens (tertiary/aromatic N) is 2. The molecule has 1 atom stereocenters. The summed E-state index contributed by atoms with van der Waals surface area (Å²) < 4.78 is 0. The number of nitrogen functional groups attached to an aromatic ring is 1. The summed E-state index contributed by atoms with van der Waals surface area (Å²) >= 11 is 1.84. The van der Waals surface area contributed by atoms with Crippen LogP contribution < -0.4 is 10.6 Å². The molecule has 17 heavy (non-hydrogen) atoms. The van der Waals surface area contributed by atoms with Gasteiger partial charge in [-0.1, -0.05) is 6.92 Å². The van der Waals surface area contributed by atoms with Crippen LogP contribution >= 0.6 is 11.8 Å². The fourth-order valence-electron chi connectivity index (χ4n) is 1.64. The molecular formula is C12H20N4S. The molecule has 1 unspecified atom stereocenters. The second-order valence-electron chi connectivity index (χ2n) is 3.95. The molecule has 0 aromatic carbocycles. The van der Waals surface area contributed by atoms with E-state index in [-0.39, 0.29) is 5.84 Å². The lowest BCUT2D eigenvalue weighted by molar-refractivity contribution is 0.666. The van der Waals surface area contributed by atoms with Crippen molar-refractivity contribution in [2.24, 2.45) is 5.73 Å². The van der Waals surface area contributed by atoms with E-state index in [9.17, 15) is 0 Å². The second-order valence-corrected chi connectivity index (χ2v) is 4.86. The molecule has 0 aliphatic carbocycles. The van der Waals surface area contributed by atoms with Gasteiger partial charge >= 0.3 is 0 Å². The maximum Gasteiger partial charge on any atom is 0.128 e. The van der Waals surface area contributed by atoms with E-state index in [1.54, 1.807) is 6.20 Å². The number of pyridine rings is 1. The number of rotatable bonds is 6. The summed E-state index contributed by atoms with van der Waals surface area (Å²) in [6, 6.07) is 4.24. The van der Waals surface area contributed by atoms with Crippen LogP contribution in [0, 0.1) is 5.41 Å². The lowest BCUT2D eigenvalue weighted by Gasteiger charge is -2.27. The highest BCUT2D eigenvalue weighted by Crippen LogP contribution is 2.16. The van der Waals surface area contributed by atoms with E-state index in [4.69, 9.17) is 11.1 Å². The Labute approximate surface area is 107 Å². The van der Waals surface area contributed by atoms with E-state index in [0.717, 1.165) is 18.0 Å². The predicted molar refractivity (Wildman–Crippen MR) is 76.1 cm³/mol. The van der Waals surface area contributed by atoms with Gasteiger partial charge in [0.25, 0.3) is 0 Å².